The van der Waals surface area contributed by atoms with Crippen molar-refractivity contribution in [3.8, 4) is 17.2 Å². The Labute approximate surface area is 220 Å². The number of carbonyl (C=O) groups is 1. The minimum atomic E-state index is -0.987. The zero-order valence-electron chi connectivity index (χ0n) is 20.8. The third-order valence-electron chi connectivity index (χ3n) is 7.08. The maximum atomic E-state index is 13.7. The Morgan fingerprint density at radius 3 is 2.54 bits per heavy atom. The van der Waals surface area contributed by atoms with E-state index in [9.17, 15) is 23.9 Å². The number of benzene rings is 2. The average Bonchev–Trinajstić information content (AvgIpc) is 3.36. The first-order valence-corrected chi connectivity index (χ1v) is 13.4. The van der Waals surface area contributed by atoms with E-state index in [0.29, 0.717) is 10.4 Å². The molecule has 1 heterocycles. The number of nitrogens with one attached hydrogen (secondary N) is 2. The summed E-state index contributed by atoms with van der Waals surface area (Å²) in [4.78, 5) is 12.5. The Bertz CT molecular complexity index is 1260. The number of rotatable bonds is 9. The normalized spacial score (nSPS) is 16.5. The number of thiophene rings is 1. The minimum absolute atomic E-state index is 0.0919. The average molecular weight is 524 g/mol. The molecule has 1 fully saturated rings. The van der Waals surface area contributed by atoms with Gasteiger partial charge in [0.1, 0.15) is 22.6 Å². The summed E-state index contributed by atoms with van der Waals surface area (Å²) < 4.78 is 27.5. The summed E-state index contributed by atoms with van der Waals surface area (Å²) in [5.74, 6) is -1.73. The van der Waals surface area contributed by atoms with Gasteiger partial charge >= 0.3 is 0 Å². The molecule has 1 amide bonds. The lowest BCUT2D eigenvalue weighted by Crippen LogP contribution is -2.53. The van der Waals surface area contributed by atoms with Crippen LogP contribution in [-0.4, -0.2) is 29.7 Å². The van der Waals surface area contributed by atoms with Crippen LogP contribution in [0.15, 0.2) is 53.9 Å². The zero-order chi connectivity index (χ0) is 26.4. The molecule has 5 nitrogen and oxygen atoms in total. The maximum Gasteiger partial charge on any atom is 0.217 e. The van der Waals surface area contributed by atoms with E-state index in [-0.39, 0.29) is 24.4 Å². The molecule has 0 bridgehead atoms. The molecule has 1 aliphatic rings. The smallest absolute Gasteiger partial charge is 0.217 e. The van der Waals surface area contributed by atoms with Gasteiger partial charge in [-0.05, 0) is 65.6 Å². The van der Waals surface area contributed by atoms with Crippen molar-refractivity contribution in [2.75, 3.05) is 6.54 Å². The molecule has 2 aromatic carbocycles. The third-order valence-corrected chi connectivity index (χ3v) is 7.90. The predicted octanol–water partition coefficient (Wildman–Crippen LogP) is 5.42. The first kappa shape index (κ1) is 26.9. The number of halogens is 2. The highest BCUT2D eigenvalue weighted by molar-refractivity contribution is 7.11. The van der Waals surface area contributed by atoms with Gasteiger partial charge in [-0.2, -0.15) is 5.26 Å². The van der Waals surface area contributed by atoms with E-state index in [1.807, 2.05) is 23.6 Å². The number of aliphatic hydroxyl groups excluding tert-OH is 1. The summed E-state index contributed by atoms with van der Waals surface area (Å²) in [5.41, 5.74) is 2.97. The Balaban J connectivity index is 1.56. The van der Waals surface area contributed by atoms with Gasteiger partial charge in [0.25, 0.3) is 0 Å². The largest absolute Gasteiger partial charge is 0.390 e. The van der Waals surface area contributed by atoms with E-state index in [4.69, 9.17) is 0 Å². The Morgan fingerprint density at radius 1 is 1.14 bits per heavy atom. The van der Waals surface area contributed by atoms with Crippen LogP contribution in [0.4, 0.5) is 8.78 Å². The number of hydrogen-bond donors (Lipinski definition) is 3. The number of carbonyl (C=O) groups excluding carboxylic acids is 1. The van der Waals surface area contributed by atoms with Crippen molar-refractivity contribution >= 4 is 17.2 Å². The monoisotopic (exact) mass is 523 g/mol. The van der Waals surface area contributed by atoms with Crippen LogP contribution in [-0.2, 0) is 16.8 Å². The molecule has 3 N–H and O–H groups in total. The van der Waals surface area contributed by atoms with Crippen molar-refractivity contribution in [1.29, 1.82) is 5.26 Å². The SMILES string of the molecule is CC(=O)NC(Cc1cc(F)cc(F)c1)C(O)CNC1(c2cccc(-c3ccsc3C#N)c2)CCCCC1. The maximum absolute atomic E-state index is 13.7. The molecule has 1 saturated carbocycles. The number of aliphatic hydroxyl groups is 1. The van der Waals surface area contributed by atoms with E-state index in [1.54, 1.807) is 0 Å². The lowest BCUT2D eigenvalue weighted by Gasteiger charge is -2.40. The molecule has 0 aliphatic heterocycles. The van der Waals surface area contributed by atoms with Gasteiger partial charge in [-0.1, -0.05) is 37.5 Å². The predicted molar refractivity (Wildman–Crippen MR) is 141 cm³/mol. The van der Waals surface area contributed by atoms with Crippen molar-refractivity contribution in [1.82, 2.24) is 10.6 Å². The van der Waals surface area contributed by atoms with Gasteiger partial charge in [0.2, 0.25) is 5.91 Å². The molecular weight excluding hydrogens is 492 g/mol. The molecular formula is C29H31F2N3O2S. The van der Waals surface area contributed by atoms with Crippen LogP contribution in [0.1, 0.15) is 55.0 Å². The van der Waals surface area contributed by atoms with E-state index in [1.165, 1.54) is 30.4 Å². The fourth-order valence-electron chi connectivity index (χ4n) is 5.30. The molecule has 37 heavy (non-hydrogen) atoms. The van der Waals surface area contributed by atoms with Crippen LogP contribution in [0, 0.1) is 23.0 Å². The lowest BCUT2D eigenvalue weighted by molar-refractivity contribution is -0.120. The molecule has 3 aromatic rings. The molecule has 0 spiro atoms. The third kappa shape index (κ3) is 6.61. The van der Waals surface area contributed by atoms with Crippen LogP contribution in [0.25, 0.3) is 11.1 Å². The summed E-state index contributed by atoms with van der Waals surface area (Å²) in [6, 6.07) is 14.9. The lowest BCUT2D eigenvalue weighted by atomic mass is 9.75. The number of hydrogen-bond acceptors (Lipinski definition) is 5. The topological polar surface area (TPSA) is 85.2 Å². The summed E-state index contributed by atoms with van der Waals surface area (Å²) in [5, 5.41) is 28.9. The number of amides is 1. The molecule has 8 heteroatoms. The second kappa shape index (κ2) is 12.0. The van der Waals surface area contributed by atoms with Gasteiger partial charge < -0.3 is 15.7 Å². The van der Waals surface area contributed by atoms with Gasteiger partial charge in [-0.15, -0.1) is 11.3 Å². The van der Waals surface area contributed by atoms with Gasteiger partial charge in [-0.25, -0.2) is 8.78 Å². The number of nitriles is 1. The first-order valence-electron chi connectivity index (χ1n) is 12.5. The quantitative estimate of drug-likeness (QED) is 0.350. The van der Waals surface area contributed by atoms with Crippen molar-refractivity contribution in [3.63, 3.8) is 0 Å². The van der Waals surface area contributed by atoms with E-state index < -0.39 is 23.8 Å². The molecule has 2 unspecified atom stereocenters. The summed E-state index contributed by atoms with van der Waals surface area (Å²) in [7, 11) is 0. The van der Waals surface area contributed by atoms with Gasteiger partial charge in [0.15, 0.2) is 0 Å². The molecule has 0 radical (unpaired) electrons. The van der Waals surface area contributed by atoms with Crippen molar-refractivity contribution in [3.05, 3.63) is 81.5 Å². The summed E-state index contributed by atoms with van der Waals surface area (Å²) in [6.45, 7) is 1.54. The van der Waals surface area contributed by atoms with Crippen molar-refractivity contribution < 1.29 is 18.7 Å². The first-order chi connectivity index (χ1) is 17.8. The Kier molecular flexibility index (Phi) is 8.70. The Hall–Kier alpha value is -3.12. The summed E-state index contributed by atoms with van der Waals surface area (Å²) in [6.07, 6.45) is 4.08. The van der Waals surface area contributed by atoms with Crippen LogP contribution >= 0.6 is 11.3 Å². The van der Waals surface area contributed by atoms with E-state index in [0.717, 1.165) is 54.9 Å². The van der Waals surface area contributed by atoms with Crippen LogP contribution < -0.4 is 10.6 Å². The zero-order valence-corrected chi connectivity index (χ0v) is 21.6. The highest BCUT2D eigenvalue weighted by Crippen LogP contribution is 2.39. The van der Waals surface area contributed by atoms with Crippen LogP contribution in [0.3, 0.4) is 0 Å². The van der Waals surface area contributed by atoms with Crippen LogP contribution in [0.5, 0.6) is 0 Å². The van der Waals surface area contributed by atoms with Gasteiger partial charge in [-0.3, -0.25) is 4.79 Å². The minimum Gasteiger partial charge on any atom is -0.390 e. The molecule has 194 valence electrons. The standard InChI is InChI=1S/C29H31F2N3O2S/c1-19(35)34-26(14-20-12-23(30)16-24(31)13-20)27(36)18-33-29(9-3-2-4-10-29)22-7-5-6-21(15-22)25-8-11-37-28(25)17-32/h5-8,11-13,15-16,26-27,33,36H,2-4,9-10,14,18H2,1H3,(H,34,35). The number of nitrogens with zero attached hydrogens (tertiary/aromatic N) is 1. The van der Waals surface area contributed by atoms with Crippen LogP contribution in [0.2, 0.25) is 0 Å². The highest BCUT2D eigenvalue weighted by atomic mass is 32.1. The summed E-state index contributed by atoms with van der Waals surface area (Å²) >= 11 is 1.42. The fourth-order valence-corrected chi connectivity index (χ4v) is 6.01. The molecule has 1 aliphatic carbocycles. The molecule has 2 atom stereocenters. The second-order valence-corrected chi connectivity index (χ2v) is 10.7. The van der Waals surface area contributed by atoms with Gasteiger partial charge in [0, 0.05) is 30.6 Å². The van der Waals surface area contributed by atoms with E-state index in [2.05, 4.69) is 28.8 Å². The fraction of sp³-hybridized carbons (Fsp3) is 0.379. The highest BCUT2D eigenvalue weighted by Gasteiger charge is 2.35. The molecule has 0 saturated heterocycles. The van der Waals surface area contributed by atoms with Crippen molar-refractivity contribution in [2.45, 2.75) is 63.1 Å². The molecule has 4 rings (SSSR count). The Morgan fingerprint density at radius 2 is 1.86 bits per heavy atom. The second-order valence-electron chi connectivity index (χ2n) is 9.74. The van der Waals surface area contributed by atoms with Crippen molar-refractivity contribution in [2.24, 2.45) is 0 Å². The molecule has 1 aromatic heterocycles. The van der Waals surface area contributed by atoms with E-state index >= 15 is 0 Å². The van der Waals surface area contributed by atoms with Gasteiger partial charge in [0.05, 0.1) is 12.1 Å².